The van der Waals surface area contributed by atoms with Gasteiger partial charge in [-0.25, -0.2) is 0 Å². The van der Waals surface area contributed by atoms with E-state index in [1.54, 1.807) is 25.9 Å². The minimum Gasteiger partial charge on any atom is -0.144 e. The molecule has 2 fully saturated rings. The first-order chi connectivity index (χ1) is 12.3. The Bertz CT molecular complexity index is 886. The Morgan fingerprint density at radius 3 is 2.12 bits per heavy atom. The molecule has 0 spiro atoms. The Labute approximate surface area is 159 Å². The molecule has 0 unspecified atom stereocenters. The summed E-state index contributed by atoms with van der Waals surface area (Å²) in [5.41, 5.74) is 3.30. The Kier molecular flexibility index (Phi) is 4.38. The molecule has 0 aliphatic heterocycles. The fourth-order valence-corrected chi connectivity index (χ4v) is 7.80. The molecule has 0 amide bonds. The number of hydrogen-bond donors (Lipinski definition) is 0. The number of rotatable bonds is 2. The molecule has 0 bridgehead atoms. The zero-order valence-corrected chi connectivity index (χ0v) is 16.9. The van der Waals surface area contributed by atoms with Crippen LogP contribution in [0.3, 0.4) is 0 Å². The highest BCUT2D eigenvalue weighted by Crippen LogP contribution is 2.50. The minimum atomic E-state index is 0.823. The van der Waals surface area contributed by atoms with Crippen LogP contribution in [0.15, 0.2) is 17.5 Å². The molecule has 5 rings (SSSR count). The summed E-state index contributed by atoms with van der Waals surface area (Å²) < 4.78 is 3.06. The second-order valence-corrected chi connectivity index (χ2v) is 10.3. The van der Waals surface area contributed by atoms with Gasteiger partial charge < -0.3 is 0 Å². The first-order valence-electron chi connectivity index (χ1n) is 10.3. The highest BCUT2D eigenvalue weighted by Gasteiger charge is 2.29. The van der Waals surface area contributed by atoms with Crippen LogP contribution in [0.2, 0.25) is 0 Å². The lowest BCUT2D eigenvalue weighted by Crippen LogP contribution is -2.10. The summed E-state index contributed by atoms with van der Waals surface area (Å²) >= 11 is 4.09. The summed E-state index contributed by atoms with van der Waals surface area (Å²) in [5.74, 6) is 1.67. The van der Waals surface area contributed by atoms with Crippen molar-refractivity contribution in [3.63, 3.8) is 0 Å². The molecule has 2 saturated carbocycles. The van der Waals surface area contributed by atoms with Gasteiger partial charge in [-0.3, -0.25) is 0 Å². The highest BCUT2D eigenvalue weighted by molar-refractivity contribution is 7.20. The quantitative estimate of drug-likeness (QED) is 0.425. The molecule has 2 aliphatic carbocycles. The average Bonchev–Trinajstić information content (AvgIpc) is 3.24. The Balaban J connectivity index is 1.77. The molecular weight excluding hydrogens is 340 g/mol. The van der Waals surface area contributed by atoms with Gasteiger partial charge in [0.2, 0.25) is 0 Å². The highest BCUT2D eigenvalue weighted by atomic mass is 32.1. The van der Waals surface area contributed by atoms with Crippen LogP contribution in [0.1, 0.15) is 92.0 Å². The van der Waals surface area contributed by atoms with Crippen LogP contribution < -0.4 is 0 Å². The van der Waals surface area contributed by atoms with Crippen molar-refractivity contribution in [3.05, 3.63) is 33.5 Å². The van der Waals surface area contributed by atoms with Crippen molar-refractivity contribution in [1.82, 2.24) is 0 Å². The normalized spacial score (nSPS) is 20.7. The molecule has 3 aromatic rings. The molecule has 132 valence electrons. The summed E-state index contributed by atoms with van der Waals surface area (Å²) in [6, 6.07) is 4.80. The summed E-state index contributed by atoms with van der Waals surface area (Å²) in [7, 11) is 0. The number of hydrogen-bond acceptors (Lipinski definition) is 2. The smallest absolute Gasteiger partial charge is 0.0355 e. The van der Waals surface area contributed by atoms with Crippen molar-refractivity contribution < 1.29 is 0 Å². The van der Waals surface area contributed by atoms with Crippen molar-refractivity contribution in [3.8, 4) is 0 Å². The summed E-state index contributed by atoms with van der Waals surface area (Å²) in [5, 5.41) is 5.61. The summed E-state index contributed by atoms with van der Waals surface area (Å²) in [6.07, 6.45) is 14.4. The van der Waals surface area contributed by atoms with Gasteiger partial charge >= 0.3 is 0 Å². The van der Waals surface area contributed by atoms with Crippen LogP contribution in [0, 0.1) is 6.92 Å². The molecule has 0 radical (unpaired) electrons. The Hall–Kier alpha value is -0.860. The number of aryl methyl sites for hydroxylation is 1. The van der Waals surface area contributed by atoms with E-state index in [0.717, 1.165) is 11.8 Å². The predicted molar refractivity (Wildman–Crippen MR) is 114 cm³/mol. The minimum absolute atomic E-state index is 0.823. The first kappa shape index (κ1) is 16.3. The van der Waals surface area contributed by atoms with Crippen molar-refractivity contribution in [2.45, 2.75) is 83.0 Å². The van der Waals surface area contributed by atoms with Gasteiger partial charge in [0.1, 0.15) is 0 Å². The van der Waals surface area contributed by atoms with Crippen molar-refractivity contribution in [1.29, 1.82) is 0 Å². The van der Waals surface area contributed by atoms with Gasteiger partial charge in [-0.15, -0.1) is 22.7 Å². The van der Waals surface area contributed by atoms with E-state index in [4.69, 9.17) is 0 Å². The Morgan fingerprint density at radius 2 is 1.40 bits per heavy atom. The van der Waals surface area contributed by atoms with E-state index in [1.165, 1.54) is 74.5 Å². The molecule has 2 aliphatic rings. The molecule has 0 nitrogen and oxygen atoms in total. The molecule has 25 heavy (non-hydrogen) atoms. The van der Waals surface area contributed by atoms with Crippen LogP contribution in [-0.2, 0) is 0 Å². The van der Waals surface area contributed by atoms with Gasteiger partial charge in [0, 0.05) is 25.0 Å². The molecule has 2 aromatic heterocycles. The molecule has 0 N–H and O–H groups in total. The van der Waals surface area contributed by atoms with Crippen LogP contribution in [0.4, 0.5) is 0 Å². The number of thiophene rings is 2. The number of benzene rings is 1. The fraction of sp³-hybridized carbons (Fsp3) is 0.565. The fourth-order valence-electron chi connectivity index (χ4n) is 5.38. The van der Waals surface area contributed by atoms with Crippen molar-refractivity contribution in [2.24, 2.45) is 0 Å². The van der Waals surface area contributed by atoms with E-state index < -0.39 is 0 Å². The molecule has 0 atom stereocenters. The van der Waals surface area contributed by atoms with Crippen LogP contribution in [0.25, 0.3) is 20.2 Å². The van der Waals surface area contributed by atoms with Crippen LogP contribution in [0.5, 0.6) is 0 Å². The Morgan fingerprint density at radius 1 is 0.760 bits per heavy atom. The lowest BCUT2D eigenvalue weighted by Gasteiger charge is -2.27. The predicted octanol–water partition coefficient (Wildman–Crippen LogP) is 8.52. The standard InChI is InChI=1S/C23H28S2/c1-15-14-24-18-12-13-19-22(20(15)18)21(16-8-4-2-5-9-16)23(25-19)17-10-6-3-7-11-17/h12-14,16-17H,2-11H2,1H3. The van der Waals surface area contributed by atoms with E-state index in [9.17, 15) is 0 Å². The molecule has 1 aromatic carbocycles. The molecule has 2 heteroatoms. The molecule has 0 saturated heterocycles. The van der Waals surface area contributed by atoms with Crippen LogP contribution in [-0.4, -0.2) is 0 Å². The van der Waals surface area contributed by atoms with Crippen LogP contribution >= 0.6 is 22.7 Å². The zero-order chi connectivity index (χ0) is 16.8. The van der Waals surface area contributed by atoms with E-state index in [1.807, 2.05) is 11.3 Å². The third kappa shape index (κ3) is 2.77. The van der Waals surface area contributed by atoms with E-state index in [0.29, 0.717) is 0 Å². The second-order valence-electron chi connectivity index (χ2n) is 8.28. The third-order valence-electron chi connectivity index (χ3n) is 6.63. The topological polar surface area (TPSA) is 0 Å². The third-order valence-corrected chi connectivity index (χ3v) is 9.03. The van der Waals surface area contributed by atoms with E-state index in [-0.39, 0.29) is 0 Å². The maximum Gasteiger partial charge on any atom is 0.0355 e. The zero-order valence-electron chi connectivity index (χ0n) is 15.3. The van der Waals surface area contributed by atoms with Gasteiger partial charge in [0.25, 0.3) is 0 Å². The molecular formula is C23H28S2. The van der Waals surface area contributed by atoms with Gasteiger partial charge in [0.05, 0.1) is 0 Å². The lowest BCUT2D eigenvalue weighted by atomic mass is 9.78. The second kappa shape index (κ2) is 6.70. The van der Waals surface area contributed by atoms with Gasteiger partial charge in [-0.1, -0.05) is 38.5 Å². The summed E-state index contributed by atoms with van der Waals surface area (Å²) in [6.45, 7) is 2.32. The monoisotopic (exact) mass is 368 g/mol. The summed E-state index contributed by atoms with van der Waals surface area (Å²) in [4.78, 5) is 1.79. The van der Waals surface area contributed by atoms with Crippen molar-refractivity contribution >= 4 is 42.8 Å². The first-order valence-corrected chi connectivity index (χ1v) is 12.0. The van der Waals surface area contributed by atoms with E-state index >= 15 is 0 Å². The molecule has 2 heterocycles. The van der Waals surface area contributed by atoms with Gasteiger partial charge in [0.15, 0.2) is 0 Å². The number of fused-ring (bicyclic) bond motifs is 3. The maximum atomic E-state index is 2.43. The lowest BCUT2D eigenvalue weighted by molar-refractivity contribution is 0.425. The average molecular weight is 369 g/mol. The maximum absolute atomic E-state index is 2.43. The SMILES string of the molecule is Cc1csc2ccc3sc(C4CCCCC4)c(C4CCCCC4)c3c12. The van der Waals surface area contributed by atoms with Gasteiger partial charge in [-0.05, 0) is 73.1 Å². The van der Waals surface area contributed by atoms with Gasteiger partial charge in [-0.2, -0.15) is 0 Å². The van der Waals surface area contributed by atoms with E-state index in [2.05, 4.69) is 35.8 Å². The largest absolute Gasteiger partial charge is 0.144 e. The van der Waals surface area contributed by atoms with Crippen molar-refractivity contribution in [2.75, 3.05) is 0 Å².